The lowest BCUT2D eigenvalue weighted by Gasteiger charge is -2.22. The summed E-state index contributed by atoms with van der Waals surface area (Å²) < 4.78 is 11.2. The molecular weight excluding hydrogens is 427 g/mol. The van der Waals surface area contributed by atoms with E-state index in [-0.39, 0.29) is 46.6 Å². The fourth-order valence-electron chi connectivity index (χ4n) is 2.60. The molecule has 0 aromatic heterocycles. The van der Waals surface area contributed by atoms with Gasteiger partial charge >= 0.3 is 0 Å². The normalized spacial score (nSPS) is 10.3. The van der Waals surface area contributed by atoms with E-state index in [1.54, 1.807) is 9.80 Å². The third-order valence-corrected chi connectivity index (χ3v) is 4.67. The highest BCUT2D eigenvalue weighted by Crippen LogP contribution is 2.36. The van der Waals surface area contributed by atoms with Crippen LogP contribution in [-0.2, 0) is 9.59 Å². The van der Waals surface area contributed by atoms with Crippen molar-refractivity contribution in [2.24, 2.45) is 0 Å². The maximum absolute atomic E-state index is 12.4. The van der Waals surface area contributed by atoms with Crippen molar-refractivity contribution < 1.29 is 19.1 Å². The predicted molar refractivity (Wildman–Crippen MR) is 122 cm³/mol. The first kappa shape index (κ1) is 25.9. The summed E-state index contributed by atoms with van der Waals surface area (Å²) in [7, 11) is 0. The number of hydrogen-bond donors (Lipinski definition) is 0. The summed E-state index contributed by atoms with van der Waals surface area (Å²) in [4.78, 5) is 28.0. The van der Waals surface area contributed by atoms with Crippen molar-refractivity contribution in [1.29, 1.82) is 0 Å². The lowest BCUT2D eigenvalue weighted by atomic mass is 10.3. The highest BCUT2D eigenvalue weighted by molar-refractivity contribution is 6.36. The number of ether oxygens (including phenoxy) is 2. The second-order valence-corrected chi connectivity index (χ2v) is 7.83. The summed E-state index contributed by atoms with van der Waals surface area (Å²) in [5.41, 5.74) is 1.76. The van der Waals surface area contributed by atoms with Gasteiger partial charge in [0.1, 0.15) is 11.5 Å². The molecule has 0 saturated heterocycles. The van der Waals surface area contributed by atoms with Gasteiger partial charge in [-0.05, 0) is 33.8 Å². The van der Waals surface area contributed by atoms with Crippen molar-refractivity contribution in [1.82, 2.24) is 9.80 Å². The van der Waals surface area contributed by atoms with Gasteiger partial charge in [0.2, 0.25) is 0 Å². The van der Waals surface area contributed by atoms with E-state index in [1.165, 1.54) is 12.1 Å². The molecule has 0 spiro atoms. The molecule has 0 heterocycles. The largest absolute Gasteiger partial charge is 0.482 e. The van der Waals surface area contributed by atoms with E-state index in [0.29, 0.717) is 26.2 Å². The van der Waals surface area contributed by atoms with Gasteiger partial charge in [0, 0.05) is 32.2 Å². The Morgan fingerprint density at radius 3 is 1.50 bits per heavy atom. The van der Waals surface area contributed by atoms with Gasteiger partial charge in [-0.15, -0.1) is 0 Å². The first-order valence-corrected chi connectivity index (χ1v) is 10.4. The Morgan fingerprint density at radius 1 is 0.833 bits per heavy atom. The van der Waals surface area contributed by atoms with Gasteiger partial charge in [0.25, 0.3) is 11.8 Å². The van der Waals surface area contributed by atoms with Gasteiger partial charge in [0.05, 0.1) is 10.0 Å². The molecule has 166 valence electrons. The summed E-state index contributed by atoms with van der Waals surface area (Å²) in [6.07, 6.45) is 0. The number of benzene rings is 1. The number of nitrogens with zero attached hydrogens (tertiary/aromatic N) is 2. The Labute approximate surface area is 189 Å². The predicted octanol–water partition coefficient (Wildman–Crippen LogP) is 4.60. The zero-order chi connectivity index (χ0) is 22.8. The van der Waals surface area contributed by atoms with Crippen LogP contribution in [-0.4, -0.2) is 61.0 Å². The summed E-state index contributed by atoms with van der Waals surface area (Å²) in [5, 5.41) is 0.485. The summed E-state index contributed by atoms with van der Waals surface area (Å²) in [6.45, 7) is 16.7. The van der Waals surface area contributed by atoms with Crippen LogP contribution in [0.3, 0.4) is 0 Å². The zero-order valence-electron chi connectivity index (χ0n) is 18.1. The number of likely N-dealkylation sites (N-methyl/N-ethyl adjacent to an activating group) is 2. The van der Waals surface area contributed by atoms with E-state index in [1.807, 2.05) is 27.7 Å². The summed E-state index contributed by atoms with van der Waals surface area (Å²) >= 11 is 12.4. The molecule has 0 aliphatic carbocycles. The Hall–Kier alpha value is -2.18. The molecule has 1 aromatic rings. The van der Waals surface area contributed by atoms with Crippen molar-refractivity contribution in [3.05, 3.63) is 46.5 Å². The Morgan fingerprint density at radius 2 is 1.20 bits per heavy atom. The van der Waals surface area contributed by atoms with E-state index in [9.17, 15) is 9.59 Å². The SMILES string of the molecule is C=C(C)CN(CC)C(=O)COc1cc(OCC(=O)N(CC)CC(=C)C)c(Cl)cc1Cl. The van der Waals surface area contributed by atoms with Crippen molar-refractivity contribution >= 4 is 35.0 Å². The molecule has 0 saturated carbocycles. The van der Waals surface area contributed by atoms with Crippen LogP contribution in [0.4, 0.5) is 0 Å². The Balaban J connectivity index is 2.82. The number of carbonyl (C=O) groups excluding carboxylic acids is 2. The second kappa shape index (κ2) is 12.5. The molecule has 8 heteroatoms. The zero-order valence-corrected chi connectivity index (χ0v) is 19.6. The topological polar surface area (TPSA) is 59.1 Å². The molecule has 0 N–H and O–H groups in total. The highest BCUT2D eigenvalue weighted by Gasteiger charge is 2.17. The first-order chi connectivity index (χ1) is 14.1. The van der Waals surface area contributed by atoms with E-state index < -0.39 is 0 Å². The van der Waals surface area contributed by atoms with Crippen LogP contribution in [0.2, 0.25) is 10.0 Å². The molecule has 2 amide bonds. The monoisotopic (exact) mass is 456 g/mol. The fourth-order valence-corrected chi connectivity index (χ4v) is 3.09. The van der Waals surface area contributed by atoms with E-state index in [4.69, 9.17) is 32.7 Å². The van der Waals surface area contributed by atoms with Crippen LogP contribution in [0.15, 0.2) is 36.4 Å². The maximum atomic E-state index is 12.4. The number of carbonyl (C=O) groups is 2. The molecular formula is C22H30Cl2N2O4. The van der Waals surface area contributed by atoms with Crippen LogP contribution in [0.5, 0.6) is 11.5 Å². The molecule has 0 radical (unpaired) electrons. The van der Waals surface area contributed by atoms with Gasteiger partial charge in [-0.1, -0.05) is 47.5 Å². The van der Waals surface area contributed by atoms with Crippen LogP contribution < -0.4 is 9.47 Å². The van der Waals surface area contributed by atoms with Crippen molar-refractivity contribution in [3.8, 4) is 11.5 Å². The molecule has 0 atom stereocenters. The quantitative estimate of drug-likeness (QED) is 0.431. The van der Waals surface area contributed by atoms with Gasteiger partial charge in [-0.2, -0.15) is 0 Å². The summed E-state index contributed by atoms with van der Waals surface area (Å²) in [5.74, 6) is 0.111. The molecule has 6 nitrogen and oxygen atoms in total. The third kappa shape index (κ3) is 8.28. The standard InChI is InChI=1S/C22H30Cl2N2O4/c1-7-25(11-15(3)4)21(27)13-29-19-10-20(18(24)9-17(19)23)30-14-22(28)26(8-2)12-16(5)6/h9-10H,3,5,7-8,11-14H2,1-2,4,6H3. The fraction of sp³-hybridized carbons (Fsp3) is 0.455. The van der Waals surface area contributed by atoms with Gasteiger partial charge in [-0.3, -0.25) is 9.59 Å². The molecule has 0 fully saturated rings. The average molecular weight is 457 g/mol. The molecule has 0 unspecified atom stereocenters. The van der Waals surface area contributed by atoms with Gasteiger partial charge in [0.15, 0.2) is 13.2 Å². The number of rotatable bonds is 12. The van der Waals surface area contributed by atoms with Crippen LogP contribution in [0.1, 0.15) is 27.7 Å². The molecule has 0 aliphatic rings. The summed E-state index contributed by atoms with van der Waals surface area (Å²) in [6, 6.07) is 2.94. The van der Waals surface area contributed by atoms with E-state index in [2.05, 4.69) is 13.2 Å². The smallest absolute Gasteiger partial charge is 0.260 e. The minimum Gasteiger partial charge on any atom is -0.482 e. The number of halogens is 2. The van der Waals surface area contributed by atoms with Gasteiger partial charge in [-0.25, -0.2) is 0 Å². The molecule has 1 aromatic carbocycles. The second-order valence-electron chi connectivity index (χ2n) is 7.02. The van der Waals surface area contributed by atoms with Crippen molar-refractivity contribution in [3.63, 3.8) is 0 Å². The molecule has 0 bridgehead atoms. The highest BCUT2D eigenvalue weighted by atomic mass is 35.5. The van der Waals surface area contributed by atoms with E-state index in [0.717, 1.165) is 11.1 Å². The Kier molecular flexibility index (Phi) is 10.8. The van der Waals surface area contributed by atoms with E-state index >= 15 is 0 Å². The lowest BCUT2D eigenvalue weighted by molar-refractivity contribution is -0.133. The van der Waals surface area contributed by atoms with Crippen LogP contribution in [0, 0.1) is 0 Å². The number of amides is 2. The minimum atomic E-state index is -0.192. The first-order valence-electron chi connectivity index (χ1n) is 9.67. The van der Waals surface area contributed by atoms with Crippen molar-refractivity contribution in [2.75, 3.05) is 39.4 Å². The molecule has 30 heavy (non-hydrogen) atoms. The average Bonchev–Trinajstić information content (AvgIpc) is 2.67. The third-order valence-electron chi connectivity index (χ3n) is 4.08. The maximum Gasteiger partial charge on any atom is 0.260 e. The Bertz CT molecular complexity index is 734. The lowest BCUT2D eigenvalue weighted by Crippen LogP contribution is -2.36. The van der Waals surface area contributed by atoms with Crippen molar-refractivity contribution in [2.45, 2.75) is 27.7 Å². The van der Waals surface area contributed by atoms with Crippen LogP contribution >= 0.6 is 23.2 Å². The molecule has 1 rings (SSSR count). The number of hydrogen-bond acceptors (Lipinski definition) is 4. The van der Waals surface area contributed by atoms with Crippen LogP contribution in [0.25, 0.3) is 0 Å². The molecule has 0 aliphatic heterocycles. The van der Waals surface area contributed by atoms with Gasteiger partial charge < -0.3 is 19.3 Å². The minimum absolute atomic E-state index is 0.191.